The van der Waals surface area contributed by atoms with Crippen LogP contribution >= 0.6 is 0 Å². The van der Waals surface area contributed by atoms with E-state index in [9.17, 15) is 29.1 Å². The molecule has 2 heterocycles. The average molecular weight is 513 g/mol. The Morgan fingerprint density at radius 2 is 1.59 bits per heavy atom. The van der Waals surface area contributed by atoms with E-state index in [-0.39, 0.29) is 12.8 Å². The maximum Gasteiger partial charge on any atom is 0.326 e. The quantitative estimate of drug-likeness (QED) is 0.127. The van der Waals surface area contributed by atoms with Crippen molar-refractivity contribution in [3.63, 3.8) is 0 Å². The Hall–Kier alpha value is -4.72. The lowest BCUT2D eigenvalue weighted by molar-refractivity contribution is -0.141. The first kappa shape index (κ1) is 26.9. The van der Waals surface area contributed by atoms with Crippen LogP contribution in [-0.4, -0.2) is 81.4 Å². The van der Waals surface area contributed by atoms with Crippen molar-refractivity contribution < 1.29 is 29.1 Å². The summed E-state index contributed by atoms with van der Waals surface area (Å²) in [5.74, 6) is -3.78. The molecule has 0 radical (unpaired) electrons. The van der Waals surface area contributed by atoms with Gasteiger partial charge in [0.25, 0.3) is 0 Å². The minimum absolute atomic E-state index is 0.0480. The smallest absolute Gasteiger partial charge is 0.326 e. The molecule has 1 aromatic carbocycles. The molecule has 9 N–H and O–H groups in total. The molecular formula is C23H28N8O6. The van der Waals surface area contributed by atoms with Crippen LogP contribution in [0.4, 0.5) is 0 Å². The minimum Gasteiger partial charge on any atom is -0.480 e. The zero-order chi connectivity index (χ0) is 26.8. The number of carboxylic acids is 1. The molecule has 0 saturated carbocycles. The number of hydrogen-bond donors (Lipinski definition) is 8. The first-order chi connectivity index (χ1) is 17.7. The van der Waals surface area contributed by atoms with E-state index >= 15 is 0 Å². The van der Waals surface area contributed by atoms with Crippen LogP contribution in [0.25, 0.3) is 10.9 Å². The van der Waals surface area contributed by atoms with E-state index < -0.39 is 61.3 Å². The highest BCUT2D eigenvalue weighted by molar-refractivity contribution is 5.92. The number of rotatable bonds is 13. The van der Waals surface area contributed by atoms with E-state index in [2.05, 4.69) is 36.2 Å². The summed E-state index contributed by atoms with van der Waals surface area (Å²) in [6.07, 6.45) is 4.93. The number of H-pyrrole nitrogens is 2. The van der Waals surface area contributed by atoms with Crippen molar-refractivity contribution >= 4 is 40.5 Å². The fourth-order valence-corrected chi connectivity index (χ4v) is 3.47. The molecule has 0 saturated heterocycles. The van der Waals surface area contributed by atoms with Gasteiger partial charge in [0.05, 0.1) is 32.0 Å². The van der Waals surface area contributed by atoms with Gasteiger partial charge in [0, 0.05) is 41.8 Å². The molecule has 14 heteroatoms. The third-order valence-electron chi connectivity index (χ3n) is 5.38. The van der Waals surface area contributed by atoms with Crippen molar-refractivity contribution in [1.82, 2.24) is 36.2 Å². The number of fused-ring (bicyclic) bond motifs is 1. The van der Waals surface area contributed by atoms with E-state index in [0.717, 1.165) is 16.5 Å². The van der Waals surface area contributed by atoms with E-state index in [4.69, 9.17) is 5.73 Å². The molecule has 0 bridgehead atoms. The summed E-state index contributed by atoms with van der Waals surface area (Å²) < 4.78 is 0. The Morgan fingerprint density at radius 3 is 2.27 bits per heavy atom. The van der Waals surface area contributed by atoms with Gasteiger partial charge in [-0.05, 0) is 11.6 Å². The molecule has 196 valence electrons. The van der Waals surface area contributed by atoms with Crippen LogP contribution in [0.3, 0.4) is 0 Å². The van der Waals surface area contributed by atoms with Crippen molar-refractivity contribution in [3.8, 4) is 0 Å². The van der Waals surface area contributed by atoms with Gasteiger partial charge < -0.3 is 42.1 Å². The van der Waals surface area contributed by atoms with Crippen molar-refractivity contribution in [2.45, 2.75) is 24.9 Å². The molecule has 0 fully saturated rings. The molecule has 37 heavy (non-hydrogen) atoms. The Labute approximate surface area is 210 Å². The number of nitrogens with zero attached hydrogens (tertiary/aromatic N) is 1. The Bertz CT molecular complexity index is 1260. The van der Waals surface area contributed by atoms with E-state index in [0.29, 0.717) is 5.69 Å². The molecule has 4 amide bonds. The van der Waals surface area contributed by atoms with Gasteiger partial charge in [0.2, 0.25) is 23.6 Å². The summed E-state index contributed by atoms with van der Waals surface area (Å²) in [5, 5.41) is 19.7. The van der Waals surface area contributed by atoms with Gasteiger partial charge in [-0.2, -0.15) is 0 Å². The van der Waals surface area contributed by atoms with Crippen molar-refractivity contribution in [1.29, 1.82) is 0 Å². The third-order valence-corrected chi connectivity index (χ3v) is 5.38. The number of aliphatic carboxylic acids is 1. The Kier molecular flexibility index (Phi) is 9.32. The van der Waals surface area contributed by atoms with Crippen LogP contribution in [0.2, 0.25) is 0 Å². The average Bonchev–Trinajstić information content (AvgIpc) is 3.54. The SMILES string of the molecule is N[C@H](Cc1cnc[nH]1)C(=O)NCC(=O)NCC(=O)NCC(=O)N[C@H](Cc1c[nH]c2ccccc12)C(=O)O. The van der Waals surface area contributed by atoms with Crippen molar-refractivity contribution in [2.75, 3.05) is 19.6 Å². The fourth-order valence-electron chi connectivity index (χ4n) is 3.47. The molecule has 14 nitrogen and oxygen atoms in total. The summed E-state index contributed by atoms with van der Waals surface area (Å²) in [4.78, 5) is 69.3. The molecule has 0 aliphatic carbocycles. The zero-order valence-electron chi connectivity index (χ0n) is 19.7. The summed E-state index contributed by atoms with van der Waals surface area (Å²) in [6, 6.07) is 5.28. The number of nitrogens with two attached hydrogens (primary N) is 1. The van der Waals surface area contributed by atoms with E-state index in [1.54, 1.807) is 6.20 Å². The van der Waals surface area contributed by atoms with Gasteiger partial charge in [-0.15, -0.1) is 0 Å². The highest BCUT2D eigenvalue weighted by Gasteiger charge is 2.22. The van der Waals surface area contributed by atoms with Crippen LogP contribution in [0.1, 0.15) is 11.3 Å². The predicted molar refractivity (Wildman–Crippen MR) is 131 cm³/mol. The Balaban J connectivity index is 1.35. The number of imidazole rings is 1. The van der Waals surface area contributed by atoms with Crippen molar-refractivity contribution in [2.24, 2.45) is 5.73 Å². The molecule has 0 unspecified atom stereocenters. The van der Waals surface area contributed by atoms with Gasteiger partial charge in [0.15, 0.2) is 0 Å². The topological polar surface area (TPSA) is 224 Å². The third kappa shape index (κ3) is 8.17. The second-order valence-electron chi connectivity index (χ2n) is 8.18. The van der Waals surface area contributed by atoms with Gasteiger partial charge in [-0.25, -0.2) is 9.78 Å². The molecule has 2 aromatic heterocycles. The molecule has 0 aliphatic heterocycles. The van der Waals surface area contributed by atoms with Crippen LogP contribution in [0.5, 0.6) is 0 Å². The first-order valence-electron chi connectivity index (χ1n) is 11.3. The monoisotopic (exact) mass is 512 g/mol. The number of carbonyl (C=O) groups is 5. The lowest BCUT2D eigenvalue weighted by Crippen LogP contribution is -2.49. The van der Waals surface area contributed by atoms with Crippen LogP contribution in [-0.2, 0) is 36.8 Å². The van der Waals surface area contributed by atoms with E-state index in [1.165, 1.54) is 12.5 Å². The molecule has 3 rings (SSSR count). The largest absolute Gasteiger partial charge is 0.480 e. The highest BCUT2D eigenvalue weighted by Crippen LogP contribution is 2.19. The van der Waals surface area contributed by atoms with Crippen molar-refractivity contribution in [3.05, 3.63) is 54.2 Å². The van der Waals surface area contributed by atoms with Crippen LogP contribution in [0, 0.1) is 0 Å². The number of aromatic nitrogens is 3. The maximum atomic E-state index is 12.2. The maximum absolute atomic E-state index is 12.2. The van der Waals surface area contributed by atoms with Gasteiger partial charge in [-0.3, -0.25) is 19.2 Å². The minimum atomic E-state index is -1.22. The number of para-hydroxylation sites is 1. The summed E-state index contributed by atoms with van der Waals surface area (Å²) in [7, 11) is 0. The number of amides is 4. The van der Waals surface area contributed by atoms with Gasteiger partial charge in [-0.1, -0.05) is 18.2 Å². The summed E-state index contributed by atoms with van der Waals surface area (Å²) >= 11 is 0. The lowest BCUT2D eigenvalue weighted by Gasteiger charge is -2.15. The van der Waals surface area contributed by atoms with Gasteiger partial charge in [0.1, 0.15) is 6.04 Å². The zero-order valence-corrected chi connectivity index (χ0v) is 19.7. The number of aromatic amines is 2. The molecule has 0 spiro atoms. The molecule has 2 atom stereocenters. The number of benzene rings is 1. The predicted octanol–water partition coefficient (Wildman–Crippen LogP) is -2.08. The van der Waals surface area contributed by atoms with Crippen LogP contribution < -0.4 is 27.0 Å². The van der Waals surface area contributed by atoms with Gasteiger partial charge >= 0.3 is 5.97 Å². The second kappa shape index (κ2) is 12.8. The molecule has 3 aromatic rings. The normalized spacial score (nSPS) is 12.4. The summed E-state index contributed by atoms with van der Waals surface area (Å²) in [5.41, 5.74) is 8.01. The standard InChI is InChI=1S/C23H28N8O6/c24-16(6-14-8-25-12-30-14)22(35)29-10-20(33)27-9-19(32)28-11-21(34)31-18(23(36)37)5-13-7-26-17-4-2-1-3-15(13)17/h1-4,7-8,12,16,18,26H,5-6,9-11,24H2,(H,25,30)(H,27,33)(H,28,32)(H,29,35)(H,31,34)(H,36,37)/t16-,18-/m1/s1. The fraction of sp³-hybridized carbons (Fsp3) is 0.304. The number of nitrogens with one attached hydrogen (secondary N) is 6. The molecule has 0 aliphatic rings. The number of hydrogen-bond acceptors (Lipinski definition) is 7. The second-order valence-corrected chi connectivity index (χ2v) is 8.18. The van der Waals surface area contributed by atoms with E-state index in [1.807, 2.05) is 24.3 Å². The molecular weight excluding hydrogens is 484 g/mol. The van der Waals surface area contributed by atoms with Crippen LogP contribution in [0.15, 0.2) is 43.0 Å². The lowest BCUT2D eigenvalue weighted by atomic mass is 10.1. The highest BCUT2D eigenvalue weighted by atomic mass is 16.4. The summed E-state index contributed by atoms with van der Waals surface area (Å²) in [6.45, 7) is -1.32. The number of carboxylic acid groups (broad SMARTS) is 1. The Morgan fingerprint density at radius 1 is 0.919 bits per heavy atom. The number of carbonyl (C=O) groups excluding carboxylic acids is 4. The first-order valence-corrected chi connectivity index (χ1v) is 11.3.